The number of carbonyl (C=O) groups excluding carboxylic acids is 1. The van der Waals surface area contributed by atoms with Gasteiger partial charge in [-0.15, -0.1) is 0 Å². The number of pyridine rings is 1. The summed E-state index contributed by atoms with van der Waals surface area (Å²) in [6, 6.07) is 16.1. The first-order chi connectivity index (χ1) is 18.8. The number of amides is 1. The number of rotatable bonds is 9. The Hall–Kier alpha value is -4.73. The van der Waals surface area contributed by atoms with E-state index in [2.05, 4.69) is 36.6 Å². The lowest BCUT2D eigenvalue weighted by Crippen LogP contribution is -2.30. The summed E-state index contributed by atoms with van der Waals surface area (Å²) < 4.78 is 1.81. The Kier molecular flexibility index (Phi) is 7.90. The normalized spacial score (nSPS) is 12.3. The van der Waals surface area contributed by atoms with Crippen molar-refractivity contribution in [1.29, 1.82) is 0 Å². The van der Waals surface area contributed by atoms with Crippen LogP contribution in [0.4, 0.5) is 11.5 Å². The van der Waals surface area contributed by atoms with E-state index < -0.39 is 29.3 Å². The van der Waals surface area contributed by atoms with Gasteiger partial charge in [-0.25, -0.2) is 4.98 Å². The Morgan fingerprint density at radius 2 is 1.75 bits per heavy atom. The quantitative estimate of drug-likeness (QED) is 0.169. The van der Waals surface area contributed by atoms with Gasteiger partial charge in [0.2, 0.25) is 0 Å². The summed E-state index contributed by atoms with van der Waals surface area (Å²) in [7, 11) is 0. The lowest BCUT2D eigenvalue weighted by atomic mass is 10.0. The van der Waals surface area contributed by atoms with Gasteiger partial charge < -0.3 is 15.7 Å². The molecule has 0 radical (unpaired) electrons. The van der Waals surface area contributed by atoms with Gasteiger partial charge in [0.15, 0.2) is 5.65 Å². The van der Waals surface area contributed by atoms with Crippen LogP contribution >= 0.6 is 0 Å². The fraction of sp³-hybridized carbons (Fsp3) is 0.300. The van der Waals surface area contributed by atoms with Crippen LogP contribution in [-0.2, 0) is 4.79 Å². The van der Waals surface area contributed by atoms with Crippen LogP contribution in [0.15, 0.2) is 66.9 Å². The van der Waals surface area contributed by atoms with Gasteiger partial charge >= 0.3 is 5.97 Å². The predicted molar refractivity (Wildman–Crippen MR) is 154 cm³/mol. The highest BCUT2D eigenvalue weighted by Crippen LogP contribution is 2.33. The maximum atomic E-state index is 13.6. The van der Waals surface area contributed by atoms with E-state index >= 15 is 0 Å². The molecule has 0 aliphatic rings. The summed E-state index contributed by atoms with van der Waals surface area (Å²) in [5, 5.41) is 27.0. The van der Waals surface area contributed by atoms with Crippen LogP contribution < -0.4 is 10.6 Å². The molecule has 4 rings (SSSR count). The largest absolute Gasteiger partial charge is 0.481 e. The Labute approximate surface area is 232 Å². The van der Waals surface area contributed by atoms with Gasteiger partial charge in [-0.1, -0.05) is 50.2 Å². The Morgan fingerprint density at radius 3 is 2.35 bits per heavy atom. The summed E-state index contributed by atoms with van der Waals surface area (Å²) >= 11 is 0. The van der Waals surface area contributed by atoms with Crippen LogP contribution in [0.1, 0.15) is 74.5 Å². The highest BCUT2D eigenvalue weighted by molar-refractivity contribution is 6.01. The monoisotopic (exact) mass is 543 g/mol. The molecule has 1 unspecified atom stereocenters. The second-order valence-electron chi connectivity index (χ2n) is 11.1. The van der Waals surface area contributed by atoms with Crippen molar-refractivity contribution in [1.82, 2.24) is 14.7 Å². The molecule has 0 spiro atoms. The number of anilines is 1. The summed E-state index contributed by atoms with van der Waals surface area (Å²) in [6.07, 6.45) is 1.36. The average Bonchev–Trinajstić information content (AvgIpc) is 3.25. The van der Waals surface area contributed by atoms with E-state index in [0.717, 1.165) is 11.4 Å². The molecule has 0 aliphatic carbocycles. The molecule has 0 saturated heterocycles. The fourth-order valence-electron chi connectivity index (χ4n) is 4.46. The third kappa shape index (κ3) is 6.28. The number of nitro benzene ring substituents is 1. The summed E-state index contributed by atoms with van der Waals surface area (Å²) in [4.78, 5) is 40.8. The van der Waals surface area contributed by atoms with Crippen LogP contribution in [0.2, 0.25) is 0 Å². The van der Waals surface area contributed by atoms with Crippen molar-refractivity contribution in [3.63, 3.8) is 0 Å². The molecular weight excluding hydrogens is 510 g/mol. The minimum atomic E-state index is -1.15. The molecule has 0 saturated carbocycles. The van der Waals surface area contributed by atoms with Crippen LogP contribution in [0, 0.1) is 10.1 Å². The first-order valence-corrected chi connectivity index (χ1v) is 13.0. The summed E-state index contributed by atoms with van der Waals surface area (Å²) in [5.41, 5.74) is 3.20. The molecule has 0 aliphatic heterocycles. The van der Waals surface area contributed by atoms with E-state index in [1.165, 1.54) is 23.8 Å². The zero-order chi connectivity index (χ0) is 29.2. The van der Waals surface area contributed by atoms with E-state index in [1.807, 2.05) is 43.5 Å². The number of nitrogens with one attached hydrogen (secondary N) is 2. The van der Waals surface area contributed by atoms with Crippen LogP contribution in [0.3, 0.4) is 0 Å². The fourth-order valence-corrected chi connectivity index (χ4v) is 4.46. The lowest BCUT2D eigenvalue weighted by molar-refractivity contribution is -0.384. The van der Waals surface area contributed by atoms with Crippen molar-refractivity contribution in [2.45, 2.75) is 58.5 Å². The van der Waals surface area contributed by atoms with E-state index in [-0.39, 0.29) is 16.8 Å². The van der Waals surface area contributed by atoms with Gasteiger partial charge in [0.25, 0.3) is 11.6 Å². The lowest BCUT2D eigenvalue weighted by Gasteiger charge is -2.23. The Morgan fingerprint density at radius 1 is 1.05 bits per heavy atom. The van der Waals surface area contributed by atoms with Crippen molar-refractivity contribution in [3.8, 4) is 11.3 Å². The number of hydrogen-bond acceptors (Lipinski definition) is 6. The van der Waals surface area contributed by atoms with Crippen molar-refractivity contribution in [2.24, 2.45) is 0 Å². The van der Waals surface area contributed by atoms with E-state index in [4.69, 9.17) is 4.98 Å². The molecule has 208 valence electrons. The van der Waals surface area contributed by atoms with Gasteiger partial charge in [-0.3, -0.25) is 24.1 Å². The maximum absolute atomic E-state index is 13.6. The van der Waals surface area contributed by atoms with E-state index in [0.29, 0.717) is 22.8 Å². The van der Waals surface area contributed by atoms with Gasteiger partial charge in [0, 0.05) is 29.4 Å². The highest BCUT2D eigenvalue weighted by atomic mass is 16.6. The molecule has 4 aromatic rings. The smallest absolute Gasteiger partial charge is 0.305 e. The topological polar surface area (TPSA) is 139 Å². The molecule has 3 N–H and O–H groups in total. The van der Waals surface area contributed by atoms with Gasteiger partial charge in [0.1, 0.15) is 11.5 Å². The Balaban J connectivity index is 1.79. The molecule has 2 aromatic heterocycles. The number of carboxylic acids is 1. The Bertz CT molecular complexity index is 1570. The highest BCUT2D eigenvalue weighted by Gasteiger charge is 2.25. The van der Waals surface area contributed by atoms with Crippen LogP contribution in [0.25, 0.3) is 16.9 Å². The number of aromatic nitrogens is 2. The van der Waals surface area contributed by atoms with Crippen LogP contribution in [-0.4, -0.2) is 36.8 Å². The SMILES string of the molecule is CC(C)c1ccc(-c2nc3c(C(=O)NC(CC(=O)O)c4cccc([N+](=O)[O-])c4)cccn3c2NC(C)(C)C)cc1. The number of hydrogen-bond donors (Lipinski definition) is 3. The minimum Gasteiger partial charge on any atom is -0.481 e. The number of imidazole rings is 1. The molecule has 0 bridgehead atoms. The number of nitrogens with zero attached hydrogens (tertiary/aromatic N) is 3. The number of benzene rings is 2. The van der Waals surface area contributed by atoms with Crippen molar-refractivity contribution in [3.05, 3.63) is 93.7 Å². The number of fused-ring (bicyclic) bond motifs is 1. The molecule has 1 atom stereocenters. The molecule has 10 heteroatoms. The molecule has 2 heterocycles. The van der Waals surface area contributed by atoms with E-state index in [1.54, 1.807) is 18.2 Å². The van der Waals surface area contributed by atoms with Gasteiger partial charge in [-0.2, -0.15) is 0 Å². The number of non-ortho nitro benzene ring substituents is 1. The standard InChI is InChI=1S/C30H33N5O5/c1-18(2)19-11-13-20(14-12-19)26-28(33-30(3,4)5)34-15-7-10-23(27(34)32-26)29(38)31-24(17-25(36)37)21-8-6-9-22(16-21)35(39)40/h6-16,18,24,33H,17H2,1-5H3,(H,31,38)(H,36,37). The van der Waals surface area contributed by atoms with Crippen molar-refractivity contribution < 1.29 is 19.6 Å². The van der Waals surface area contributed by atoms with Crippen LogP contribution in [0.5, 0.6) is 0 Å². The number of nitro groups is 1. The predicted octanol–water partition coefficient (Wildman–Crippen LogP) is 6.19. The zero-order valence-electron chi connectivity index (χ0n) is 23.1. The maximum Gasteiger partial charge on any atom is 0.305 e. The number of carboxylic acid groups (broad SMARTS) is 1. The molecule has 40 heavy (non-hydrogen) atoms. The number of aliphatic carboxylic acids is 1. The third-order valence-electron chi connectivity index (χ3n) is 6.41. The van der Waals surface area contributed by atoms with Crippen molar-refractivity contribution in [2.75, 3.05) is 5.32 Å². The molecule has 0 fully saturated rings. The average molecular weight is 544 g/mol. The second kappa shape index (κ2) is 11.2. The van der Waals surface area contributed by atoms with E-state index in [9.17, 15) is 24.8 Å². The first kappa shape index (κ1) is 28.3. The van der Waals surface area contributed by atoms with Crippen molar-refractivity contribution >= 4 is 29.0 Å². The molecule has 1 amide bonds. The molecule has 10 nitrogen and oxygen atoms in total. The molecular formula is C30H33N5O5. The zero-order valence-corrected chi connectivity index (χ0v) is 23.1. The molecule has 2 aromatic carbocycles. The third-order valence-corrected chi connectivity index (χ3v) is 6.41. The van der Waals surface area contributed by atoms with Gasteiger partial charge in [-0.05, 0) is 49.9 Å². The number of carbonyl (C=O) groups is 2. The first-order valence-electron chi connectivity index (χ1n) is 13.0. The second-order valence-corrected chi connectivity index (χ2v) is 11.1. The minimum absolute atomic E-state index is 0.191. The van der Waals surface area contributed by atoms with Gasteiger partial charge in [0.05, 0.1) is 22.9 Å². The summed E-state index contributed by atoms with van der Waals surface area (Å²) in [6.45, 7) is 10.4. The summed E-state index contributed by atoms with van der Waals surface area (Å²) in [5.74, 6) is -0.602.